The lowest BCUT2D eigenvalue weighted by molar-refractivity contribution is -0.116. The van der Waals surface area contributed by atoms with E-state index in [1.807, 2.05) is 0 Å². The van der Waals surface area contributed by atoms with Crippen LogP contribution < -0.4 is 16.0 Å². The van der Waals surface area contributed by atoms with Gasteiger partial charge in [-0.05, 0) is 48.5 Å². The zero-order chi connectivity index (χ0) is 19.9. The van der Waals surface area contributed by atoms with Crippen LogP contribution in [0.3, 0.4) is 0 Å². The van der Waals surface area contributed by atoms with E-state index in [9.17, 15) is 14.4 Å². The number of benzene rings is 2. The second-order valence-electron chi connectivity index (χ2n) is 5.95. The van der Waals surface area contributed by atoms with Crippen molar-refractivity contribution in [1.82, 2.24) is 0 Å². The normalized spacial score (nSPS) is 13.0. The highest BCUT2D eigenvalue weighted by Gasteiger charge is 2.14. The first-order valence-corrected chi connectivity index (χ1v) is 9.61. The summed E-state index contributed by atoms with van der Waals surface area (Å²) in [6, 6.07) is 13.4. The maximum absolute atomic E-state index is 12.4. The van der Waals surface area contributed by atoms with E-state index in [4.69, 9.17) is 4.74 Å². The molecule has 3 N–H and O–H groups in total. The van der Waals surface area contributed by atoms with Crippen LogP contribution in [0.1, 0.15) is 17.3 Å². The van der Waals surface area contributed by atoms with Gasteiger partial charge >= 0.3 is 0 Å². The molecule has 28 heavy (non-hydrogen) atoms. The molecular formula is C20H19N3O4S. The summed E-state index contributed by atoms with van der Waals surface area (Å²) in [5.74, 6) is 0.370. The van der Waals surface area contributed by atoms with Crippen LogP contribution in [0.4, 0.5) is 17.1 Å². The lowest BCUT2D eigenvalue weighted by Gasteiger charge is -2.14. The summed E-state index contributed by atoms with van der Waals surface area (Å²) in [4.78, 5) is 35.5. The molecule has 2 aromatic carbocycles. The summed E-state index contributed by atoms with van der Waals surface area (Å²) in [5.41, 5.74) is 2.28. The number of hydrogen-bond donors (Lipinski definition) is 3. The maximum Gasteiger partial charge on any atom is 0.291 e. The molecule has 0 fully saturated rings. The minimum absolute atomic E-state index is 0.158. The third-order valence-electron chi connectivity index (χ3n) is 3.74. The number of rotatable bonds is 5. The van der Waals surface area contributed by atoms with Crippen LogP contribution in [0.2, 0.25) is 0 Å². The molecule has 0 aliphatic carbocycles. The molecule has 3 amide bonds. The molecule has 7 nitrogen and oxygen atoms in total. The van der Waals surface area contributed by atoms with Gasteiger partial charge in [-0.3, -0.25) is 14.4 Å². The van der Waals surface area contributed by atoms with Crippen LogP contribution in [0.5, 0.6) is 0 Å². The smallest absolute Gasteiger partial charge is 0.291 e. The van der Waals surface area contributed by atoms with E-state index < -0.39 is 0 Å². The Hall–Kier alpha value is -3.26. The van der Waals surface area contributed by atoms with E-state index in [2.05, 4.69) is 16.0 Å². The quantitative estimate of drug-likeness (QED) is 0.718. The predicted octanol–water partition coefficient (Wildman–Crippen LogP) is 3.44. The second-order valence-corrected chi connectivity index (χ2v) is 6.92. The van der Waals surface area contributed by atoms with Crippen molar-refractivity contribution in [1.29, 1.82) is 0 Å². The monoisotopic (exact) mass is 397 g/mol. The molecule has 144 valence electrons. The number of anilines is 3. The summed E-state index contributed by atoms with van der Waals surface area (Å²) in [5, 5.41) is 9.87. The molecule has 0 saturated heterocycles. The van der Waals surface area contributed by atoms with Gasteiger partial charge in [0.05, 0.1) is 6.61 Å². The van der Waals surface area contributed by atoms with Crippen LogP contribution in [-0.4, -0.2) is 30.1 Å². The van der Waals surface area contributed by atoms with Gasteiger partial charge in [-0.25, -0.2) is 0 Å². The standard InChI is InChI=1S/C20H19N3O4S/c1-13(24)21-15-6-8-17(9-7-15)22-19(25)14-2-4-16(5-3-14)23-20(26)18-12-28-11-10-27-18/h2-9,12H,10-11H2,1H3,(H,21,24)(H,22,25)(H,23,26). The number of carbonyl (C=O) groups is 3. The number of nitrogens with one attached hydrogen (secondary N) is 3. The fourth-order valence-electron chi connectivity index (χ4n) is 2.43. The fourth-order valence-corrected chi connectivity index (χ4v) is 3.05. The average Bonchev–Trinajstić information content (AvgIpc) is 2.70. The molecule has 8 heteroatoms. The Balaban J connectivity index is 1.58. The highest BCUT2D eigenvalue weighted by molar-refractivity contribution is 8.02. The Morgan fingerprint density at radius 3 is 1.89 bits per heavy atom. The first-order chi connectivity index (χ1) is 13.5. The van der Waals surface area contributed by atoms with Crippen LogP contribution in [0.25, 0.3) is 0 Å². The SMILES string of the molecule is CC(=O)Nc1ccc(NC(=O)c2ccc(NC(=O)C3=CSCCO3)cc2)cc1. The summed E-state index contributed by atoms with van der Waals surface area (Å²) in [6.07, 6.45) is 0. The maximum atomic E-state index is 12.4. The van der Waals surface area contributed by atoms with Gasteiger partial charge in [-0.15, -0.1) is 11.8 Å². The summed E-state index contributed by atoms with van der Waals surface area (Å²) >= 11 is 1.53. The Morgan fingerprint density at radius 1 is 0.821 bits per heavy atom. The molecule has 0 unspecified atom stereocenters. The number of carbonyl (C=O) groups excluding carboxylic acids is 3. The average molecular weight is 397 g/mol. The molecule has 1 aliphatic heterocycles. The van der Waals surface area contributed by atoms with E-state index in [-0.39, 0.29) is 17.7 Å². The van der Waals surface area contributed by atoms with Crippen LogP contribution in [0, 0.1) is 0 Å². The highest BCUT2D eigenvalue weighted by atomic mass is 32.2. The third-order valence-corrected chi connectivity index (χ3v) is 4.52. The minimum Gasteiger partial charge on any atom is -0.487 e. The van der Waals surface area contributed by atoms with Gasteiger partial charge in [0.1, 0.15) is 0 Å². The molecule has 3 rings (SSSR count). The van der Waals surface area contributed by atoms with E-state index in [1.165, 1.54) is 18.7 Å². The first kappa shape index (κ1) is 19.5. The number of amides is 3. The van der Waals surface area contributed by atoms with Crippen molar-refractivity contribution in [3.63, 3.8) is 0 Å². The molecule has 0 aromatic heterocycles. The highest BCUT2D eigenvalue weighted by Crippen LogP contribution is 2.18. The molecule has 0 spiro atoms. The summed E-state index contributed by atoms with van der Waals surface area (Å²) < 4.78 is 5.31. The van der Waals surface area contributed by atoms with Gasteiger partial charge in [-0.1, -0.05) is 0 Å². The van der Waals surface area contributed by atoms with E-state index in [0.29, 0.717) is 35.0 Å². The third kappa shape index (κ3) is 5.37. The van der Waals surface area contributed by atoms with E-state index >= 15 is 0 Å². The largest absolute Gasteiger partial charge is 0.487 e. The Morgan fingerprint density at radius 2 is 1.36 bits per heavy atom. The Labute approximate surface area is 166 Å². The van der Waals surface area contributed by atoms with Crippen molar-refractivity contribution >= 4 is 46.5 Å². The van der Waals surface area contributed by atoms with Gasteiger partial charge in [0, 0.05) is 40.7 Å². The summed E-state index contributed by atoms with van der Waals surface area (Å²) in [7, 11) is 0. The van der Waals surface area contributed by atoms with Gasteiger partial charge in [0.2, 0.25) is 5.91 Å². The van der Waals surface area contributed by atoms with Crippen LogP contribution in [-0.2, 0) is 14.3 Å². The summed E-state index contributed by atoms with van der Waals surface area (Å²) in [6.45, 7) is 1.94. The molecule has 2 aromatic rings. The second kappa shape index (κ2) is 9.09. The number of thioether (sulfide) groups is 1. The first-order valence-electron chi connectivity index (χ1n) is 8.56. The van der Waals surface area contributed by atoms with Crippen molar-refractivity contribution in [2.24, 2.45) is 0 Å². The molecule has 1 aliphatic rings. The van der Waals surface area contributed by atoms with Crippen molar-refractivity contribution in [3.8, 4) is 0 Å². The number of hydrogen-bond acceptors (Lipinski definition) is 5. The van der Waals surface area contributed by atoms with Gasteiger partial charge < -0.3 is 20.7 Å². The zero-order valence-electron chi connectivity index (χ0n) is 15.2. The van der Waals surface area contributed by atoms with E-state index in [1.54, 1.807) is 53.9 Å². The van der Waals surface area contributed by atoms with Crippen molar-refractivity contribution in [2.45, 2.75) is 6.92 Å². The number of ether oxygens (including phenoxy) is 1. The molecular weight excluding hydrogens is 378 g/mol. The molecule has 0 atom stereocenters. The van der Waals surface area contributed by atoms with Gasteiger partial charge in [-0.2, -0.15) is 0 Å². The molecule has 0 radical (unpaired) electrons. The lowest BCUT2D eigenvalue weighted by atomic mass is 10.2. The van der Waals surface area contributed by atoms with Crippen LogP contribution >= 0.6 is 11.8 Å². The zero-order valence-corrected chi connectivity index (χ0v) is 16.0. The Bertz CT molecular complexity index is 908. The molecule has 0 bridgehead atoms. The Kier molecular flexibility index (Phi) is 6.33. The minimum atomic E-state index is -0.316. The lowest BCUT2D eigenvalue weighted by Crippen LogP contribution is -2.19. The van der Waals surface area contributed by atoms with Crippen molar-refractivity contribution in [3.05, 3.63) is 65.3 Å². The predicted molar refractivity (Wildman–Crippen MR) is 110 cm³/mol. The van der Waals surface area contributed by atoms with Crippen molar-refractivity contribution < 1.29 is 19.1 Å². The van der Waals surface area contributed by atoms with Gasteiger partial charge in [0.25, 0.3) is 11.8 Å². The van der Waals surface area contributed by atoms with E-state index in [0.717, 1.165) is 5.75 Å². The fraction of sp³-hybridized carbons (Fsp3) is 0.150. The topological polar surface area (TPSA) is 96.5 Å². The molecule has 0 saturated carbocycles. The van der Waals surface area contributed by atoms with Crippen molar-refractivity contribution in [2.75, 3.05) is 28.3 Å². The molecule has 1 heterocycles. The van der Waals surface area contributed by atoms with Crippen LogP contribution in [0.15, 0.2) is 59.7 Å². The van der Waals surface area contributed by atoms with Gasteiger partial charge in [0.15, 0.2) is 5.76 Å².